The summed E-state index contributed by atoms with van der Waals surface area (Å²) in [5.41, 5.74) is -0.700. The predicted molar refractivity (Wildman–Crippen MR) is 65.2 cm³/mol. The van der Waals surface area contributed by atoms with E-state index in [2.05, 4.69) is 10.1 Å². The highest BCUT2D eigenvalue weighted by molar-refractivity contribution is 5.74. The predicted octanol–water partition coefficient (Wildman–Crippen LogP) is 2.60. The third-order valence-corrected chi connectivity index (χ3v) is 3.83. The highest BCUT2D eigenvalue weighted by Crippen LogP contribution is 2.38. The van der Waals surface area contributed by atoms with Crippen molar-refractivity contribution in [3.8, 4) is 0 Å². The van der Waals surface area contributed by atoms with Crippen molar-refractivity contribution in [1.82, 2.24) is 10.1 Å². The molecule has 5 heteroatoms. The molecule has 1 fully saturated rings. The Labute approximate surface area is 107 Å². The zero-order valence-corrected chi connectivity index (χ0v) is 10.8. The smallest absolute Gasteiger partial charge is 0.310 e. The molecule has 1 aliphatic carbocycles. The SMILES string of the molecule is CCc1noc(CC2(C(=O)O)CCCCCC2)n1. The molecule has 1 saturated carbocycles. The van der Waals surface area contributed by atoms with Gasteiger partial charge in [0.2, 0.25) is 5.89 Å². The number of carboxylic acids is 1. The summed E-state index contributed by atoms with van der Waals surface area (Å²) >= 11 is 0. The molecule has 0 unspecified atom stereocenters. The summed E-state index contributed by atoms with van der Waals surface area (Å²) < 4.78 is 5.15. The van der Waals surface area contributed by atoms with Crippen LogP contribution in [0.1, 0.15) is 57.2 Å². The summed E-state index contributed by atoms with van der Waals surface area (Å²) in [5, 5.41) is 13.4. The molecule has 0 amide bonds. The number of rotatable bonds is 4. The van der Waals surface area contributed by atoms with E-state index >= 15 is 0 Å². The highest BCUT2D eigenvalue weighted by Gasteiger charge is 2.40. The maximum atomic E-state index is 11.6. The standard InChI is InChI=1S/C13H20N2O3/c1-2-10-14-11(18-15-10)9-13(12(16)17)7-5-3-4-6-8-13/h2-9H2,1H3,(H,16,17). The second kappa shape index (κ2) is 5.50. The van der Waals surface area contributed by atoms with E-state index in [1.807, 2.05) is 6.92 Å². The third kappa shape index (κ3) is 2.71. The Balaban J connectivity index is 2.16. The summed E-state index contributed by atoms with van der Waals surface area (Å²) in [6, 6.07) is 0. The number of hydrogen-bond acceptors (Lipinski definition) is 4. The van der Waals surface area contributed by atoms with E-state index in [1.54, 1.807) is 0 Å². The van der Waals surface area contributed by atoms with Crippen molar-refractivity contribution in [2.24, 2.45) is 5.41 Å². The molecule has 0 aromatic carbocycles. The van der Waals surface area contributed by atoms with Crippen LogP contribution in [0.2, 0.25) is 0 Å². The van der Waals surface area contributed by atoms with E-state index in [0.29, 0.717) is 37.4 Å². The van der Waals surface area contributed by atoms with E-state index in [1.165, 1.54) is 0 Å². The Morgan fingerprint density at radius 1 is 1.33 bits per heavy atom. The summed E-state index contributed by atoms with van der Waals surface area (Å²) in [6.45, 7) is 1.95. The summed E-state index contributed by atoms with van der Waals surface area (Å²) in [5.74, 6) is 0.399. The molecule has 0 atom stereocenters. The Kier molecular flexibility index (Phi) is 3.99. The van der Waals surface area contributed by atoms with Crippen LogP contribution in [0.15, 0.2) is 4.52 Å². The summed E-state index contributed by atoms with van der Waals surface area (Å²) in [7, 11) is 0. The van der Waals surface area contributed by atoms with Crippen molar-refractivity contribution in [1.29, 1.82) is 0 Å². The molecule has 5 nitrogen and oxygen atoms in total. The molecule has 2 rings (SSSR count). The molecule has 1 aromatic heterocycles. The van der Waals surface area contributed by atoms with Gasteiger partial charge in [-0.2, -0.15) is 4.98 Å². The minimum atomic E-state index is -0.722. The van der Waals surface area contributed by atoms with Gasteiger partial charge >= 0.3 is 5.97 Å². The van der Waals surface area contributed by atoms with Crippen molar-refractivity contribution < 1.29 is 14.4 Å². The Morgan fingerprint density at radius 2 is 2.00 bits per heavy atom. The van der Waals surface area contributed by atoms with E-state index in [9.17, 15) is 9.90 Å². The van der Waals surface area contributed by atoms with Crippen LogP contribution in [0.3, 0.4) is 0 Å². The zero-order valence-electron chi connectivity index (χ0n) is 10.8. The van der Waals surface area contributed by atoms with E-state index in [-0.39, 0.29) is 0 Å². The number of aromatic nitrogens is 2. The topological polar surface area (TPSA) is 76.2 Å². The van der Waals surface area contributed by atoms with Crippen molar-refractivity contribution in [2.45, 2.75) is 58.3 Å². The Bertz CT molecular complexity index is 406. The van der Waals surface area contributed by atoms with Gasteiger partial charge in [-0.15, -0.1) is 0 Å². The molecule has 1 aromatic rings. The first kappa shape index (κ1) is 13.1. The molecule has 0 bridgehead atoms. The van der Waals surface area contributed by atoms with Gasteiger partial charge in [-0.05, 0) is 12.8 Å². The fraction of sp³-hybridized carbons (Fsp3) is 0.769. The quantitative estimate of drug-likeness (QED) is 0.833. The molecule has 0 radical (unpaired) electrons. The minimum Gasteiger partial charge on any atom is -0.481 e. The average molecular weight is 252 g/mol. The van der Waals surface area contributed by atoms with Gasteiger partial charge in [0.15, 0.2) is 5.82 Å². The second-order valence-electron chi connectivity index (χ2n) is 5.13. The average Bonchev–Trinajstić information content (AvgIpc) is 2.66. The molecule has 1 N–H and O–H groups in total. The highest BCUT2D eigenvalue weighted by atomic mass is 16.5. The second-order valence-corrected chi connectivity index (χ2v) is 5.13. The minimum absolute atomic E-state index is 0.370. The van der Waals surface area contributed by atoms with Crippen LogP contribution < -0.4 is 0 Å². The van der Waals surface area contributed by atoms with Gasteiger partial charge in [0.25, 0.3) is 0 Å². The van der Waals surface area contributed by atoms with Gasteiger partial charge < -0.3 is 9.63 Å². The molecule has 100 valence electrons. The number of aliphatic carboxylic acids is 1. The molecule has 1 heterocycles. The number of carbonyl (C=O) groups is 1. The van der Waals surface area contributed by atoms with Crippen molar-refractivity contribution in [3.05, 3.63) is 11.7 Å². The molecule has 18 heavy (non-hydrogen) atoms. The molecule has 1 aliphatic rings. The van der Waals surface area contributed by atoms with Crippen LogP contribution in [0.4, 0.5) is 0 Å². The first-order valence-electron chi connectivity index (χ1n) is 6.71. The maximum absolute atomic E-state index is 11.6. The molecule has 0 spiro atoms. The largest absolute Gasteiger partial charge is 0.481 e. The van der Waals surface area contributed by atoms with E-state index in [4.69, 9.17) is 4.52 Å². The summed E-state index contributed by atoms with van der Waals surface area (Å²) in [6.07, 6.45) is 6.71. The lowest BCUT2D eigenvalue weighted by Crippen LogP contribution is -2.33. The third-order valence-electron chi connectivity index (χ3n) is 3.83. The first-order chi connectivity index (χ1) is 8.66. The molecular weight excluding hydrogens is 232 g/mol. The van der Waals surface area contributed by atoms with Crippen molar-refractivity contribution >= 4 is 5.97 Å². The maximum Gasteiger partial charge on any atom is 0.310 e. The number of nitrogens with zero attached hydrogens (tertiary/aromatic N) is 2. The van der Waals surface area contributed by atoms with Crippen LogP contribution in [-0.4, -0.2) is 21.2 Å². The van der Waals surface area contributed by atoms with Gasteiger partial charge in [-0.3, -0.25) is 4.79 Å². The van der Waals surface area contributed by atoms with Gasteiger partial charge in [0.05, 0.1) is 5.41 Å². The first-order valence-corrected chi connectivity index (χ1v) is 6.71. The van der Waals surface area contributed by atoms with Gasteiger partial charge in [0, 0.05) is 12.8 Å². The summed E-state index contributed by atoms with van der Waals surface area (Å²) in [4.78, 5) is 15.9. The van der Waals surface area contributed by atoms with Crippen LogP contribution in [0.5, 0.6) is 0 Å². The Hall–Kier alpha value is -1.39. The number of hydrogen-bond donors (Lipinski definition) is 1. The lowest BCUT2D eigenvalue weighted by Gasteiger charge is -2.26. The van der Waals surface area contributed by atoms with Crippen molar-refractivity contribution in [2.75, 3.05) is 0 Å². The fourth-order valence-electron chi connectivity index (χ4n) is 2.67. The molecular formula is C13H20N2O3. The molecule has 0 saturated heterocycles. The monoisotopic (exact) mass is 252 g/mol. The van der Waals surface area contributed by atoms with Crippen LogP contribution in [-0.2, 0) is 17.6 Å². The van der Waals surface area contributed by atoms with Crippen LogP contribution >= 0.6 is 0 Å². The lowest BCUT2D eigenvalue weighted by molar-refractivity contribution is -0.150. The van der Waals surface area contributed by atoms with Crippen LogP contribution in [0, 0.1) is 5.41 Å². The lowest BCUT2D eigenvalue weighted by atomic mass is 9.77. The number of carboxylic acid groups (broad SMARTS) is 1. The zero-order chi connectivity index (χ0) is 13.0. The molecule has 0 aliphatic heterocycles. The van der Waals surface area contributed by atoms with E-state index < -0.39 is 11.4 Å². The van der Waals surface area contributed by atoms with Gasteiger partial charge in [0.1, 0.15) is 0 Å². The van der Waals surface area contributed by atoms with Crippen molar-refractivity contribution in [3.63, 3.8) is 0 Å². The van der Waals surface area contributed by atoms with Gasteiger partial charge in [-0.25, -0.2) is 0 Å². The normalized spacial score (nSPS) is 19.4. The van der Waals surface area contributed by atoms with Gasteiger partial charge in [-0.1, -0.05) is 37.8 Å². The van der Waals surface area contributed by atoms with Crippen LogP contribution in [0.25, 0.3) is 0 Å². The number of aryl methyl sites for hydroxylation is 1. The van der Waals surface area contributed by atoms with E-state index in [0.717, 1.165) is 25.7 Å². The fourth-order valence-corrected chi connectivity index (χ4v) is 2.67. The Morgan fingerprint density at radius 3 is 2.50 bits per heavy atom.